The van der Waals surface area contributed by atoms with Gasteiger partial charge in [0.15, 0.2) is 0 Å². The van der Waals surface area contributed by atoms with Crippen molar-refractivity contribution in [3.05, 3.63) is 0 Å². The molecule has 3 heteroatoms. The molecule has 2 heterocycles. The maximum Gasteiger partial charge on any atom is 0.0621 e. The first-order valence-corrected chi connectivity index (χ1v) is 6.73. The van der Waals surface area contributed by atoms with Crippen LogP contribution in [0.2, 0.25) is 0 Å². The van der Waals surface area contributed by atoms with Crippen LogP contribution in [0.5, 0.6) is 0 Å². The summed E-state index contributed by atoms with van der Waals surface area (Å²) in [7, 11) is 0. The van der Waals surface area contributed by atoms with Crippen molar-refractivity contribution in [1.82, 2.24) is 9.80 Å². The lowest BCUT2D eigenvalue weighted by molar-refractivity contribution is 0.218. The lowest BCUT2D eigenvalue weighted by Crippen LogP contribution is -2.36. The highest BCUT2D eigenvalue weighted by molar-refractivity contribution is 4.84. The lowest BCUT2D eigenvalue weighted by Gasteiger charge is -2.25. The van der Waals surface area contributed by atoms with E-state index in [2.05, 4.69) is 15.9 Å². The van der Waals surface area contributed by atoms with E-state index in [4.69, 9.17) is 5.26 Å². The number of unbranched alkanes of at least 4 members (excludes halogenated alkanes) is 2. The Morgan fingerprint density at radius 1 is 1.12 bits per heavy atom. The van der Waals surface area contributed by atoms with Crippen molar-refractivity contribution >= 4 is 0 Å². The van der Waals surface area contributed by atoms with Gasteiger partial charge in [0, 0.05) is 19.0 Å². The van der Waals surface area contributed by atoms with E-state index in [0.29, 0.717) is 0 Å². The molecule has 2 rings (SSSR count). The molecule has 2 aliphatic heterocycles. The third-order valence-electron chi connectivity index (χ3n) is 3.90. The molecule has 16 heavy (non-hydrogen) atoms. The van der Waals surface area contributed by atoms with Crippen LogP contribution in [0.1, 0.15) is 38.5 Å². The van der Waals surface area contributed by atoms with Crippen LogP contribution in [0.25, 0.3) is 0 Å². The predicted octanol–water partition coefficient (Wildman–Crippen LogP) is 1.85. The fraction of sp³-hybridized carbons (Fsp3) is 0.923. The normalized spacial score (nSPS) is 27.3. The van der Waals surface area contributed by atoms with Crippen LogP contribution < -0.4 is 0 Å². The Bertz CT molecular complexity index is 246. The van der Waals surface area contributed by atoms with Gasteiger partial charge in [-0.15, -0.1) is 0 Å². The minimum Gasteiger partial charge on any atom is -0.302 e. The average molecular weight is 221 g/mol. The summed E-state index contributed by atoms with van der Waals surface area (Å²) in [5, 5.41) is 8.50. The highest BCUT2D eigenvalue weighted by Gasteiger charge is 2.28. The number of nitriles is 1. The van der Waals surface area contributed by atoms with Gasteiger partial charge in [-0.1, -0.05) is 0 Å². The SMILES string of the molecule is N#CCCCCN1CCCN2CCCC2C1. The number of hydrogen-bond donors (Lipinski definition) is 0. The van der Waals surface area contributed by atoms with Gasteiger partial charge < -0.3 is 4.90 Å². The number of hydrogen-bond acceptors (Lipinski definition) is 3. The maximum atomic E-state index is 8.50. The van der Waals surface area contributed by atoms with Gasteiger partial charge in [0.2, 0.25) is 0 Å². The first-order valence-electron chi connectivity index (χ1n) is 6.73. The fourth-order valence-corrected chi connectivity index (χ4v) is 3.03. The van der Waals surface area contributed by atoms with Gasteiger partial charge in [0.25, 0.3) is 0 Å². The molecule has 0 N–H and O–H groups in total. The Kier molecular flexibility index (Phi) is 4.62. The number of nitrogens with zero attached hydrogens (tertiary/aromatic N) is 3. The van der Waals surface area contributed by atoms with Crippen LogP contribution in [0, 0.1) is 11.3 Å². The van der Waals surface area contributed by atoms with Crippen LogP contribution in [-0.4, -0.2) is 48.6 Å². The molecule has 0 radical (unpaired) electrons. The zero-order valence-electron chi connectivity index (χ0n) is 10.2. The minimum atomic E-state index is 0.726. The van der Waals surface area contributed by atoms with Crippen molar-refractivity contribution in [2.45, 2.75) is 44.6 Å². The van der Waals surface area contributed by atoms with E-state index in [0.717, 1.165) is 18.9 Å². The van der Waals surface area contributed by atoms with Crippen LogP contribution in [0.4, 0.5) is 0 Å². The van der Waals surface area contributed by atoms with E-state index in [-0.39, 0.29) is 0 Å². The zero-order valence-corrected chi connectivity index (χ0v) is 10.2. The predicted molar refractivity (Wildman–Crippen MR) is 65.1 cm³/mol. The van der Waals surface area contributed by atoms with E-state index in [1.54, 1.807) is 0 Å². The van der Waals surface area contributed by atoms with Crippen molar-refractivity contribution in [3.8, 4) is 6.07 Å². The number of rotatable bonds is 4. The van der Waals surface area contributed by atoms with Crippen molar-refractivity contribution < 1.29 is 0 Å². The van der Waals surface area contributed by atoms with Gasteiger partial charge >= 0.3 is 0 Å². The maximum absolute atomic E-state index is 8.50. The van der Waals surface area contributed by atoms with E-state index >= 15 is 0 Å². The van der Waals surface area contributed by atoms with Gasteiger partial charge in [-0.2, -0.15) is 5.26 Å². The molecule has 0 aromatic carbocycles. The van der Waals surface area contributed by atoms with Gasteiger partial charge in [-0.05, 0) is 58.3 Å². The lowest BCUT2D eigenvalue weighted by atomic mass is 10.2. The summed E-state index contributed by atoms with van der Waals surface area (Å²) < 4.78 is 0. The molecule has 0 saturated carbocycles. The standard InChI is InChI=1S/C13H23N3/c14-7-2-1-3-8-15-9-5-11-16-10-4-6-13(16)12-15/h13H,1-6,8-12H2. The molecule has 90 valence electrons. The Labute approximate surface area is 99.0 Å². The molecule has 2 aliphatic rings. The van der Waals surface area contributed by atoms with Gasteiger partial charge in [-0.25, -0.2) is 0 Å². The second-order valence-corrected chi connectivity index (χ2v) is 5.10. The van der Waals surface area contributed by atoms with E-state index in [9.17, 15) is 0 Å². The van der Waals surface area contributed by atoms with E-state index in [1.807, 2.05) is 0 Å². The highest BCUT2D eigenvalue weighted by Crippen LogP contribution is 2.21. The Balaban J connectivity index is 1.71. The molecule has 0 spiro atoms. The smallest absolute Gasteiger partial charge is 0.0621 e. The third kappa shape index (κ3) is 3.20. The molecule has 0 aromatic rings. The summed E-state index contributed by atoms with van der Waals surface area (Å²) in [5.74, 6) is 0. The van der Waals surface area contributed by atoms with Crippen LogP contribution in [0.3, 0.4) is 0 Å². The third-order valence-corrected chi connectivity index (χ3v) is 3.90. The molecule has 2 fully saturated rings. The molecule has 1 atom stereocenters. The van der Waals surface area contributed by atoms with Crippen molar-refractivity contribution in [1.29, 1.82) is 5.26 Å². The fourth-order valence-electron chi connectivity index (χ4n) is 3.03. The minimum absolute atomic E-state index is 0.726. The first-order chi connectivity index (χ1) is 7.90. The molecule has 0 aromatic heterocycles. The van der Waals surface area contributed by atoms with Crippen molar-refractivity contribution in [2.75, 3.05) is 32.7 Å². The summed E-state index contributed by atoms with van der Waals surface area (Å²) in [5.41, 5.74) is 0. The van der Waals surface area contributed by atoms with Crippen LogP contribution >= 0.6 is 0 Å². The summed E-state index contributed by atoms with van der Waals surface area (Å²) in [6, 6.07) is 3.06. The molecule has 0 bridgehead atoms. The van der Waals surface area contributed by atoms with E-state index < -0.39 is 0 Å². The molecule has 0 aliphatic carbocycles. The molecule has 1 unspecified atom stereocenters. The molecule has 3 nitrogen and oxygen atoms in total. The van der Waals surface area contributed by atoms with Crippen LogP contribution in [0.15, 0.2) is 0 Å². The monoisotopic (exact) mass is 221 g/mol. The average Bonchev–Trinajstić information content (AvgIpc) is 2.63. The number of fused-ring (bicyclic) bond motifs is 1. The molecule has 0 amide bonds. The Morgan fingerprint density at radius 2 is 2.00 bits per heavy atom. The highest BCUT2D eigenvalue weighted by atomic mass is 15.3. The van der Waals surface area contributed by atoms with Crippen molar-refractivity contribution in [2.24, 2.45) is 0 Å². The Hall–Kier alpha value is -0.590. The topological polar surface area (TPSA) is 30.3 Å². The quantitative estimate of drug-likeness (QED) is 0.679. The Morgan fingerprint density at radius 3 is 2.88 bits per heavy atom. The molecular weight excluding hydrogens is 198 g/mol. The summed E-state index contributed by atoms with van der Waals surface area (Å²) in [4.78, 5) is 5.29. The van der Waals surface area contributed by atoms with Crippen molar-refractivity contribution in [3.63, 3.8) is 0 Å². The van der Waals surface area contributed by atoms with Gasteiger partial charge in [0.05, 0.1) is 6.07 Å². The largest absolute Gasteiger partial charge is 0.302 e. The molecule has 2 saturated heterocycles. The second kappa shape index (κ2) is 6.22. The summed E-state index contributed by atoms with van der Waals surface area (Å²) in [6.45, 7) is 6.37. The van der Waals surface area contributed by atoms with E-state index in [1.165, 1.54) is 58.4 Å². The first kappa shape index (κ1) is 11.9. The zero-order chi connectivity index (χ0) is 11.2. The second-order valence-electron chi connectivity index (χ2n) is 5.10. The molecular formula is C13H23N3. The van der Waals surface area contributed by atoms with Crippen LogP contribution in [-0.2, 0) is 0 Å². The van der Waals surface area contributed by atoms with Gasteiger partial charge in [0.1, 0.15) is 0 Å². The summed E-state index contributed by atoms with van der Waals surface area (Å²) >= 11 is 0. The van der Waals surface area contributed by atoms with Gasteiger partial charge in [-0.3, -0.25) is 4.90 Å². The summed E-state index contributed by atoms with van der Waals surface area (Å²) in [6.07, 6.45) is 7.11.